The highest BCUT2D eigenvalue weighted by Gasteiger charge is 2.30. The molecule has 0 bridgehead atoms. The summed E-state index contributed by atoms with van der Waals surface area (Å²) in [5, 5.41) is 19.9. The first-order chi connectivity index (χ1) is 8.31. The number of nitrogens with zero attached hydrogens (tertiary/aromatic N) is 6. The Morgan fingerprint density at radius 1 is 1.35 bits per heavy atom. The van der Waals surface area contributed by atoms with Crippen molar-refractivity contribution in [3.05, 3.63) is 5.82 Å². The van der Waals surface area contributed by atoms with Crippen LogP contribution in [0.2, 0.25) is 0 Å². The Balaban J connectivity index is 1.86. The predicted octanol–water partition coefficient (Wildman–Crippen LogP) is 0.430. The average molecular weight is 248 g/mol. The van der Waals surface area contributed by atoms with Crippen LogP contribution in [0, 0.1) is 0 Å². The highest BCUT2D eigenvalue weighted by molar-refractivity contribution is 7.19. The number of anilines is 1. The number of H-pyrrole nitrogens is 1. The Kier molecular flexibility index (Phi) is 1.60. The maximum absolute atomic E-state index is 5.46. The van der Waals surface area contributed by atoms with E-state index < -0.39 is 0 Å². The van der Waals surface area contributed by atoms with Crippen LogP contribution in [0.1, 0.15) is 24.6 Å². The molecule has 86 valence electrons. The molecule has 1 aliphatic rings. The van der Waals surface area contributed by atoms with Gasteiger partial charge >= 0.3 is 0 Å². The first kappa shape index (κ1) is 9.05. The van der Waals surface area contributed by atoms with Gasteiger partial charge in [0, 0.05) is 5.92 Å². The molecule has 0 amide bonds. The van der Waals surface area contributed by atoms with Crippen molar-refractivity contribution in [1.29, 1.82) is 0 Å². The van der Waals surface area contributed by atoms with Crippen LogP contribution >= 0.6 is 11.3 Å². The van der Waals surface area contributed by atoms with Gasteiger partial charge in [0.15, 0.2) is 16.7 Å². The van der Waals surface area contributed by atoms with Crippen molar-refractivity contribution in [2.45, 2.75) is 18.8 Å². The summed E-state index contributed by atoms with van der Waals surface area (Å²) in [6.07, 6.45) is 2.34. The lowest BCUT2D eigenvalue weighted by Gasteiger charge is -1.89. The van der Waals surface area contributed by atoms with Crippen LogP contribution in [0.5, 0.6) is 0 Å². The van der Waals surface area contributed by atoms with Gasteiger partial charge in [0.25, 0.3) is 0 Å². The standard InChI is InChI=1S/C8H8N8S/c9-7-10-4(11-13-7)6-15-16-5(3-1-2-3)12-14-8(16)17-6/h3H,1-2H2,(H3,9,10,11,13). The fraction of sp³-hybridized carbons (Fsp3) is 0.375. The minimum atomic E-state index is 0.216. The van der Waals surface area contributed by atoms with Crippen molar-refractivity contribution in [3.8, 4) is 10.8 Å². The molecule has 3 heterocycles. The maximum Gasteiger partial charge on any atom is 0.239 e. The van der Waals surface area contributed by atoms with Gasteiger partial charge in [-0.3, -0.25) is 5.10 Å². The summed E-state index contributed by atoms with van der Waals surface area (Å²) in [6, 6.07) is 0. The van der Waals surface area contributed by atoms with E-state index in [-0.39, 0.29) is 5.95 Å². The largest absolute Gasteiger partial charge is 0.366 e. The molecule has 0 saturated heterocycles. The van der Waals surface area contributed by atoms with Crippen molar-refractivity contribution >= 4 is 22.2 Å². The number of hydrogen-bond acceptors (Lipinski definition) is 7. The van der Waals surface area contributed by atoms with Gasteiger partial charge < -0.3 is 5.73 Å². The molecule has 3 aromatic heterocycles. The van der Waals surface area contributed by atoms with Gasteiger partial charge in [-0.15, -0.1) is 20.4 Å². The van der Waals surface area contributed by atoms with Crippen LogP contribution in [0.3, 0.4) is 0 Å². The molecule has 3 aromatic rings. The van der Waals surface area contributed by atoms with Crippen LogP contribution in [-0.2, 0) is 0 Å². The zero-order chi connectivity index (χ0) is 11.4. The summed E-state index contributed by atoms with van der Waals surface area (Å²) in [5.74, 6) is 2.24. The number of fused-ring (bicyclic) bond motifs is 1. The molecule has 0 atom stereocenters. The number of aromatic amines is 1. The molecule has 8 nitrogen and oxygen atoms in total. The summed E-state index contributed by atoms with van der Waals surface area (Å²) in [7, 11) is 0. The molecule has 0 unspecified atom stereocenters. The van der Waals surface area contributed by atoms with Gasteiger partial charge in [-0.25, -0.2) is 0 Å². The third kappa shape index (κ3) is 1.32. The Labute approximate surface area is 98.9 Å². The predicted molar refractivity (Wildman–Crippen MR) is 60.4 cm³/mol. The smallest absolute Gasteiger partial charge is 0.239 e. The SMILES string of the molecule is Nc1n[nH]c(-c2nn3c(C4CC4)nnc3s2)n1. The molecule has 0 radical (unpaired) electrons. The highest BCUT2D eigenvalue weighted by Crippen LogP contribution is 2.39. The first-order valence-electron chi connectivity index (χ1n) is 5.21. The summed E-state index contributed by atoms with van der Waals surface area (Å²) in [4.78, 5) is 4.82. The second kappa shape index (κ2) is 3.00. The Morgan fingerprint density at radius 3 is 2.94 bits per heavy atom. The van der Waals surface area contributed by atoms with Gasteiger partial charge in [0.2, 0.25) is 10.9 Å². The molecule has 0 spiro atoms. The third-order valence-corrected chi connectivity index (χ3v) is 3.57. The number of nitrogens with one attached hydrogen (secondary N) is 1. The fourth-order valence-corrected chi connectivity index (χ4v) is 2.48. The van der Waals surface area contributed by atoms with Crippen LogP contribution in [0.15, 0.2) is 0 Å². The van der Waals surface area contributed by atoms with Crippen LogP contribution in [0.25, 0.3) is 15.8 Å². The molecule has 3 N–H and O–H groups in total. The normalized spacial score (nSPS) is 15.8. The molecule has 1 aliphatic carbocycles. The minimum Gasteiger partial charge on any atom is -0.366 e. The van der Waals surface area contributed by atoms with E-state index in [2.05, 4.69) is 30.5 Å². The van der Waals surface area contributed by atoms with E-state index in [1.165, 1.54) is 24.2 Å². The van der Waals surface area contributed by atoms with Gasteiger partial charge in [0.1, 0.15) is 0 Å². The van der Waals surface area contributed by atoms with Crippen molar-refractivity contribution in [1.82, 2.24) is 35.0 Å². The lowest BCUT2D eigenvalue weighted by Crippen LogP contribution is -1.93. The summed E-state index contributed by atoms with van der Waals surface area (Å²) in [5.41, 5.74) is 5.46. The van der Waals surface area contributed by atoms with Gasteiger partial charge in [0.05, 0.1) is 0 Å². The number of hydrogen-bond donors (Lipinski definition) is 2. The van der Waals surface area contributed by atoms with E-state index in [0.717, 1.165) is 15.8 Å². The molecular formula is C8H8N8S. The zero-order valence-corrected chi connectivity index (χ0v) is 9.48. The number of nitrogens with two attached hydrogens (primary N) is 1. The molecule has 9 heteroatoms. The van der Waals surface area contributed by atoms with Crippen LogP contribution in [-0.4, -0.2) is 35.0 Å². The van der Waals surface area contributed by atoms with E-state index in [1.807, 2.05) is 0 Å². The van der Waals surface area contributed by atoms with E-state index in [9.17, 15) is 0 Å². The topological polar surface area (TPSA) is 111 Å². The minimum absolute atomic E-state index is 0.216. The van der Waals surface area contributed by atoms with Crippen molar-refractivity contribution in [3.63, 3.8) is 0 Å². The van der Waals surface area contributed by atoms with Crippen molar-refractivity contribution in [2.24, 2.45) is 0 Å². The van der Waals surface area contributed by atoms with Crippen LogP contribution < -0.4 is 5.73 Å². The quantitative estimate of drug-likeness (QED) is 0.680. The lowest BCUT2D eigenvalue weighted by molar-refractivity contribution is 0.826. The molecule has 17 heavy (non-hydrogen) atoms. The molecular weight excluding hydrogens is 240 g/mol. The monoisotopic (exact) mass is 248 g/mol. The molecule has 0 aliphatic heterocycles. The Hall–Kier alpha value is -2.03. The summed E-state index contributed by atoms with van der Waals surface area (Å²) < 4.78 is 1.79. The number of rotatable bonds is 2. The van der Waals surface area contributed by atoms with E-state index in [0.29, 0.717) is 11.7 Å². The van der Waals surface area contributed by atoms with Gasteiger partial charge in [-0.2, -0.15) is 9.50 Å². The zero-order valence-electron chi connectivity index (χ0n) is 8.66. The molecule has 1 saturated carbocycles. The van der Waals surface area contributed by atoms with Crippen molar-refractivity contribution < 1.29 is 0 Å². The Bertz CT molecular complexity index is 689. The maximum atomic E-state index is 5.46. The highest BCUT2D eigenvalue weighted by atomic mass is 32.1. The third-order valence-electron chi connectivity index (χ3n) is 2.66. The fourth-order valence-electron chi connectivity index (χ4n) is 1.69. The summed E-state index contributed by atoms with van der Waals surface area (Å²) >= 11 is 1.42. The van der Waals surface area contributed by atoms with E-state index >= 15 is 0 Å². The van der Waals surface area contributed by atoms with Crippen LogP contribution in [0.4, 0.5) is 5.95 Å². The summed E-state index contributed by atoms with van der Waals surface area (Å²) in [6.45, 7) is 0. The van der Waals surface area contributed by atoms with Gasteiger partial charge in [-0.1, -0.05) is 11.3 Å². The number of aromatic nitrogens is 7. The average Bonchev–Trinajstić information content (AvgIpc) is 2.73. The van der Waals surface area contributed by atoms with E-state index in [1.54, 1.807) is 4.52 Å². The molecule has 0 aromatic carbocycles. The number of nitrogen functional groups attached to an aromatic ring is 1. The Morgan fingerprint density at radius 2 is 2.24 bits per heavy atom. The van der Waals surface area contributed by atoms with Crippen molar-refractivity contribution in [2.75, 3.05) is 5.73 Å². The second-order valence-electron chi connectivity index (χ2n) is 3.98. The second-order valence-corrected chi connectivity index (χ2v) is 4.93. The molecule has 4 rings (SSSR count). The first-order valence-corrected chi connectivity index (χ1v) is 6.03. The van der Waals surface area contributed by atoms with Gasteiger partial charge in [-0.05, 0) is 12.8 Å². The lowest BCUT2D eigenvalue weighted by atomic mass is 10.4. The molecule has 1 fully saturated rings. The van der Waals surface area contributed by atoms with E-state index in [4.69, 9.17) is 5.73 Å².